The second-order valence-corrected chi connectivity index (χ2v) is 5.43. The molecular weight excluding hydrogens is 208 g/mol. The van der Waals surface area contributed by atoms with Crippen LogP contribution in [0.5, 0.6) is 0 Å². The molecule has 90 valence electrons. The summed E-state index contributed by atoms with van der Waals surface area (Å²) in [6, 6.07) is 4.62. The molecule has 0 saturated heterocycles. The first-order chi connectivity index (χ1) is 8.09. The minimum Gasteiger partial charge on any atom is -0.346 e. The SMILES string of the molecule is Cc1cc(C)c2c3c(n(C)c2c1)CNCC3C. The normalized spacial score (nSPS) is 19.6. The van der Waals surface area contributed by atoms with Crippen LogP contribution in [-0.4, -0.2) is 11.1 Å². The van der Waals surface area contributed by atoms with Crippen molar-refractivity contribution in [3.63, 3.8) is 0 Å². The molecule has 3 rings (SSSR count). The zero-order valence-corrected chi connectivity index (χ0v) is 11.1. The van der Waals surface area contributed by atoms with Crippen molar-refractivity contribution in [2.45, 2.75) is 33.2 Å². The van der Waals surface area contributed by atoms with Gasteiger partial charge in [0.1, 0.15) is 0 Å². The second-order valence-electron chi connectivity index (χ2n) is 5.43. The van der Waals surface area contributed by atoms with Crippen LogP contribution in [0.2, 0.25) is 0 Å². The molecule has 0 bridgehead atoms. The van der Waals surface area contributed by atoms with Crippen LogP contribution in [0.25, 0.3) is 10.9 Å². The lowest BCUT2D eigenvalue weighted by molar-refractivity contribution is 0.553. The Morgan fingerprint density at radius 2 is 2.06 bits per heavy atom. The minimum atomic E-state index is 0.615. The zero-order valence-electron chi connectivity index (χ0n) is 11.1. The minimum absolute atomic E-state index is 0.615. The predicted molar refractivity (Wildman–Crippen MR) is 72.5 cm³/mol. The number of nitrogens with zero attached hydrogens (tertiary/aromatic N) is 1. The Hall–Kier alpha value is -1.28. The number of rotatable bonds is 0. The van der Waals surface area contributed by atoms with Crippen molar-refractivity contribution >= 4 is 10.9 Å². The third-order valence-corrected chi connectivity index (χ3v) is 4.04. The summed E-state index contributed by atoms with van der Waals surface area (Å²) in [5, 5.41) is 4.99. The molecule has 2 heterocycles. The number of nitrogens with one attached hydrogen (secondary N) is 1. The van der Waals surface area contributed by atoms with E-state index in [0.29, 0.717) is 5.92 Å². The van der Waals surface area contributed by atoms with E-state index < -0.39 is 0 Å². The summed E-state index contributed by atoms with van der Waals surface area (Å²) >= 11 is 0. The number of fused-ring (bicyclic) bond motifs is 3. The lowest BCUT2D eigenvalue weighted by Crippen LogP contribution is -2.27. The van der Waals surface area contributed by atoms with E-state index in [2.05, 4.69) is 49.8 Å². The van der Waals surface area contributed by atoms with Crippen molar-refractivity contribution in [3.05, 3.63) is 34.5 Å². The standard InChI is InChI=1S/C15H20N2/c1-9-5-10(2)14-12(6-9)17(4)13-8-16-7-11(3)15(13)14/h5-6,11,16H,7-8H2,1-4H3. The highest BCUT2D eigenvalue weighted by molar-refractivity contribution is 5.90. The van der Waals surface area contributed by atoms with Crippen molar-refractivity contribution in [1.82, 2.24) is 9.88 Å². The first kappa shape index (κ1) is 10.8. The van der Waals surface area contributed by atoms with E-state index in [1.165, 1.54) is 27.7 Å². The van der Waals surface area contributed by atoms with Crippen LogP contribution < -0.4 is 5.32 Å². The lowest BCUT2D eigenvalue weighted by atomic mass is 9.92. The van der Waals surface area contributed by atoms with E-state index in [4.69, 9.17) is 0 Å². The zero-order chi connectivity index (χ0) is 12.2. The van der Waals surface area contributed by atoms with E-state index in [-0.39, 0.29) is 0 Å². The molecule has 1 aromatic carbocycles. The van der Waals surface area contributed by atoms with Gasteiger partial charge in [0.25, 0.3) is 0 Å². The van der Waals surface area contributed by atoms with Gasteiger partial charge in [-0.1, -0.05) is 13.0 Å². The Morgan fingerprint density at radius 1 is 1.29 bits per heavy atom. The highest BCUT2D eigenvalue weighted by atomic mass is 15.0. The summed E-state index contributed by atoms with van der Waals surface area (Å²) < 4.78 is 2.37. The van der Waals surface area contributed by atoms with Gasteiger partial charge in [-0.2, -0.15) is 0 Å². The van der Waals surface area contributed by atoms with Crippen molar-refractivity contribution in [3.8, 4) is 0 Å². The van der Waals surface area contributed by atoms with Gasteiger partial charge in [-0.25, -0.2) is 0 Å². The Labute approximate surface area is 103 Å². The monoisotopic (exact) mass is 228 g/mol. The van der Waals surface area contributed by atoms with Crippen molar-refractivity contribution in [2.24, 2.45) is 7.05 Å². The van der Waals surface area contributed by atoms with Crippen LogP contribution in [0.15, 0.2) is 12.1 Å². The molecule has 1 aromatic heterocycles. The van der Waals surface area contributed by atoms with Crippen LogP contribution in [0.3, 0.4) is 0 Å². The summed E-state index contributed by atoms with van der Waals surface area (Å²) in [6.45, 7) is 8.84. The summed E-state index contributed by atoms with van der Waals surface area (Å²) in [5.41, 5.74) is 7.20. The van der Waals surface area contributed by atoms with Crippen molar-refractivity contribution < 1.29 is 0 Å². The number of hydrogen-bond donors (Lipinski definition) is 1. The fraction of sp³-hybridized carbons (Fsp3) is 0.467. The molecule has 1 atom stereocenters. The number of aryl methyl sites for hydroxylation is 3. The number of benzene rings is 1. The van der Waals surface area contributed by atoms with Crippen molar-refractivity contribution in [1.29, 1.82) is 0 Å². The Balaban J connectivity index is 2.45. The topological polar surface area (TPSA) is 17.0 Å². The van der Waals surface area contributed by atoms with Crippen LogP contribution in [-0.2, 0) is 13.6 Å². The third kappa shape index (κ3) is 1.44. The van der Waals surface area contributed by atoms with Gasteiger partial charge in [0, 0.05) is 36.7 Å². The summed E-state index contributed by atoms with van der Waals surface area (Å²) in [6.07, 6.45) is 0. The van der Waals surface area contributed by atoms with Gasteiger partial charge in [0.2, 0.25) is 0 Å². The Kier molecular flexibility index (Phi) is 2.30. The molecule has 17 heavy (non-hydrogen) atoms. The Bertz CT molecular complexity index is 593. The largest absolute Gasteiger partial charge is 0.346 e. The molecular formula is C15H20N2. The number of aromatic nitrogens is 1. The molecule has 0 radical (unpaired) electrons. The Morgan fingerprint density at radius 3 is 2.82 bits per heavy atom. The summed E-state index contributed by atoms with van der Waals surface area (Å²) in [5.74, 6) is 0.615. The van der Waals surface area contributed by atoms with E-state index >= 15 is 0 Å². The quantitative estimate of drug-likeness (QED) is 0.733. The fourth-order valence-electron chi connectivity index (χ4n) is 3.28. The third-order valence-electron chi connectivity index (χ3n) is 4.04. The second kappa shape index (κ2) is 3.61. The molecule has 0 amide bonds. The predicted octanol–water partition coefficient (Wildman–Crippen LogP) is 3.00. The maximum atomic E-state index is 3.51. The van der Waals surface area contributed by atoms with Gasteiger partial charge < -0.3 is 9.88 Å². The smallest absolute Gasteiger partial charge is 0.0488 e. The highest BCUT2D eigenvalue weighted by Crippen LogP contribution is 2.35. The molecule has 1 aliphatic rings. The van der Waals surface area contributed by atoms with Gasteiger partial charge in [-0.05, 0) is 42.5 Å². The van der Waals surface area contributed by atoms with Crippen LogP contribution in [0.4, 0.5) is 0 Å². The van der Waals surface area contributed by atoms with Crippen LogP contribution in [0.1, 0.15) is 35.2 Å². The maximum absolute atomic E-state index is 3.51. The molecule has 1 unspecified atom stereocenters. The molecule has 1 N–H and O–H groups in total. The molecule has 2 nitrogen and oxygen atoms in total. The summed E-state index contributed by atoms with van der Waals surface area (Å²) in [4.78, 5) is 0. The van der Waals surface area contributed by atoms with E-state index in [0.717, 1.165) is 13.1 Å². The maximum Gasteiger partial charge on any atom is 0.0488 e. The van der Waals surface area contributed by atoms with Gasteiger partial charge in [-0.3, -0.25) is 0 Å². The molecule has 0 fully saturated rings. The first-order valence-electron chi connectivity index (χ1n) is 6.38. The molecule has 2 aromatic rings. The van der Waals surface area contributed by atoms with Gasteiger partial charge >= 0.3 is 0 Å². The lowest BCUT2D eigenvalue weighted by Gasteiger charge is -2.21. The van der Waals surface area contributed by atoms with Gasteiger partial charge in [0.05, 0.1) is 0 Å². The van der Waals surface area contributed by atoms with E-state index in [1.54, 1.807) is 5.56 Å². The molecule has 2 heteroatoms. The molecule has 0 aliphatic carbocycles. The average Bonchev–Trinajstić information content (AvgIpc) is 2.55. The van der Waals surface area contributed by atoms with Crippen molar-refractivity contribution in [2.75, 3.05) is 6.54 Å². The molecule has 0 saturated carbocycles. The molecule has 0 spiro atoms. The summed E-state index contributed by atoms with van der Waals surface area (Å²) in [7, 11) is 2.19. The van der Waals surface area contributed by atoms with Crippen LogP contribution >= 0.6 is 0 Å². The molecule has 1 aliphatic heterocycles. The van der Waals surface area contributed by atoms with E-state index in [9.17, 15) is 0 Å². The van der Waals surface area contributed by atoms with Gasteiger partial charge in [-0.15, -0.1) is 0 Å². The fourth-order valence-corrected chi connectivity index (χ4v) is 3.28. The highest BCUT2D eigenvalue weighted by Gasteiger charge is 2.24. The average molecular weight is 228 g/mol. The first-order valence-corrected chi connectivity index (χ1v) is 6.38. The number of hydrogen-bond acceptors (Lipinski definition) is 1. The van der Waals surface area contributed by atoms with Crippen LogP contribution in [0, 0.1) is 13.8 Å². The van der Waals surface area contributed by atoms with E-state index in [1.807, 2.05) is 0 Å². The van der Waals surface area contributed by atoms with Gasteiger partial charge in [0.15, 0.2) is 0 Å².